The van der Waals surface area contributed by atoms with E-state index < -0.39 is 199 Å². The number of aromatic nitrogens is 3. The summed E-state index contributed by atoms with van der Waals surface area (Å²) in [4.78, 5) is 240. The van der Waals surface area contributed by atoms with Crippen molar-refractivity contribution in [2.24, 2.45) is 57.1 Å². The predicted octanol–water partition coefficient (Wildman–Crippen LogP) is -6.66. The van der Waals surface area contributed by atoms with E-state index in [1.807, 2.05) is 20.1 Å². The van der Waals surface area contributed by atoms with Crippen LogP contribution in [-0.2, 0) is 94.3 Å². The molecule has 2 heterocycles. The van der Waals surface area contributed by atoms with Crippen LogP contribution in [0.4, 0.5) is 0 Å². The van der Waals surface area contributed by atoms with Gasteiger partial charge in [-0.1, -0.05) is 59.7 Å². The second-order valence-electron chi connectivity index (χ2n) is 26.8. The summed E-state index contributed by atoms with van der Waals surface area (Å²) in [5.41, 5.74) is 34.2. The van der Waals surface area contributed by atoms with E-state index in [1.54, 1.807) is 58.2 Å². The van der Waals surface area contributed by atoms with Gasteiger partial charge in [0.25, 0.3) is 0 Å². The summed E-state index contributed by atoms with van der Waals surface area (Å²) < 4.78 is 0. The number of carbonyl (C=O) groups excluding carboxylic acids is 17. The van der Waals surface area contributed by atoms with Gasteiger partial charge in [0.2, 0.25) is 101 Å². The molecule has 108 heavy (non-hydrogen) atoms. The largest absolute Gasteiger partial charge is 0.370 e. The Labute approximate surface area is 627 Å². The molecule has 0 bridgehead atoms. The quantitative estimate of drug-likeness (QED) is 0.0108. The molecule has 1 aromatic carbocycles. The van der Waals surface area contributed by atoms with E-state index in [4.69, 9.17) is 34.4 Å². The molecule has 3 aromatic rings. The molecular formula is C67H105N23O17S. The third kappa shape index (κ3) is 33.4. The lowest BCUT2D eigenvalue weighted by Crippen LogP contribution is -2.60. The monoisotopic (exact) mass is 1540 g/mol. The Morgan fingerprint density at radius 3 is 1.54 bits per heavy atom. The fourth-order valence-electron chi connectivity index (χ4n) is 10.8. The molecule has 11 atom stereocenters. The molecule has 0 fully saturated rings. The average Bonchev–Trinajstić information content (AvgIpc) is 1.67. The number of fused-ring (bicyclic) bond motifs is 1. The Morgan fingerprint density at radius 1 is 0.509 bits per heavy atom. The highest BCUT2D eigenvalue weighted by Crippen LogP contribution is 2.20. The van der Waals surface area contributed by atoms with Gasteiger partial charge < -0.3 is 113 Å². The van der Waals surface area contributed by atoms with Crippen molar-refractivity contribution < 1.29 is 81.5 Å². The van der Waals surface area contributed by atoms with Gasteiger partial charge in [0.15, 0.2) is 5.96 Å². The number of primary amides is 4. The summed E-state index contributed by atoms with van der Waals surface area (Å²) in [6.45, 7) is 9.86. The lowest BCUT2D eigenvalue weighted by Gasteiger charge is -2.27. The minimum atomic E-state index is -1.87. The number of benzene rings is 1. The number of amides is 17. The predicted molar refractivity (Wildman–Crippen MR) is 395 cm³/mol. The van der Waals surface area contributed by atoms with E-state index in [0.717, 1.165) is 0 Å². The van der Waals surface area contributed by atoms with Gasteiger partial charge in [0, 0.05) is 61.2 Å². The molecule has 596 valence electrons. The van der Waals surface area contributed by atoms with Crippen LogP contribution >= 0.6 is 11.8 Å². The van der Waals surface area contributed by atoms with Crippen molar-refractivity contribution in [3.05, 3.63) is 54.2 Å². The number of imidazole rings is 1. The zero-order valence-electron chi connectivity index (χ0n) is 61.7. The molecule has 40 nitrogen and oxygen atoms in total. The van der Waals surface area contributed by atoms with Gasteiger partial charge in [-0.2, -0.15) is 11.8 Å². The van der Waals surface area contributed by atoms with Crippen LogP contribution in [0, 0.1) is 17.8 Å². The minimum absolute atomic E-state index is 0.0118. The standard InChI is InChI=1S/C67H105N23O17S/c1-33(2)22-45(87-60(101)43(14-11-20-75-67(72)73)85-59(100)42(80-32-91)15-17-50(68)92)58(99)77-29-53(95)83-49(26-52(70)94)65(106)86-44(16-18-51(69)93)61(102)89-47(24-37-27-76-40-13-10-9-12-39(37)40)62(103)81-36(7)57(98)90-55(35(5)6)66(107)78-30-54(96)82-48(25-38-28-74-31-79-38)64(105)88-46(23-34(3)4)63(104)84-41(56(71)97)19-21-108-8/h9-10,12-13,27-28,31-36,41-49,55,76H,11,14-26,29-30H2,1-8H3,(H2,68,92)(H2,69,93)(H2,70,94)(H2,71,97)(H,74,79)(H,77,99)(H,78,107)(H,80,91)(H,81,103)(H,82,96)(H,83,95)(H,84,104)(H,85,100)(H,86,106)(H,87,101)(H,88,105)(H,89,102)(H,90,98)(H4,72,73,75)/t36-,41-,42-,43-,44-,45-,46-,47-,48-,49-,55-/m0/s1. The number of aromatic amines is 2. The first kappa shape index (κ1) is 90.8. The van der Waals surface area contributed by atoms with Gasteiger partial charge in [-0.15, -0.1) is 0 Å². The lowest BCUT2D eigenvalue weighted by molar-refractivity contribution is -0.136. The third-order valence-corrected chi connectivity index (χ3v) is 17.0. The highest BCUT2D eigenvalue weighted by atomic mass is 32.2. The van der Waals surface area contributed by atoms with E-state index in [0.29, 0.717) is 27.9 Å². The molecule has 41 heteroatoms. The van der Waals surface area contributed by atoms with Gasteiger partial charge in [-0.3, -0.25) is 86.5 Å². The zero-order chi connectivity index (χ0) is 80.9. The van der Waals surface area contributed by atoms with Crippen LogP contribution < -0.4 is 104 Å². The smallest absolute Gasteiger partial charge is 0.243 e. The molecule has 0 aliphatic rings. The molecule has 27 N–H and O–H groups in total. The molecule has 0 aliphatic carbocycles. The molecule has 17 amide bonds. The Kier molecular flexibility index (Phi) is 39.1. The number of para-hydroxylation sites is 1. The topological polar surface area (TPSA) is 660 Å². The fourth-order valence-corrected chi connectivity index (χ4v) is 11.2. The normalized spacial score (nSPS) is 14.1. The van der Waals surface area contributed by atoms with Crippen molar-refractivity contribution in [3.63, 3.8) is 0 Å². The van der Waals surface area contributed by atoms with Gasteiger partial charge in [-0.25, -0.2) is 4.98 Å². The van der Waals surface area contributed by atoms with Crippen LogP contribution in [0.2, 0.25) is 0 Å². The van der Waals surface area contributed by atoms with E-state index in [2.05, 4.69) is 89.1 Å². The molecule has 2 aromatic heterocycles. The first-order valence-corrected chi connectivity index (χ1v) is 36.3. The maximum atomic E-state index is 14.5. The molecular weight excluding hydrogens is 1430 g/mol. The highest BCUT2D eigenvalue weighted by Gasteiger charge is 2.36. The Balaban J connectivity index is 1.84. The molecule has 0 saturated heterocycles. The molecule has 0 saturated carbocycles. The number of H-pyrrole nitrogens is 2. The highest BCUT2D eigenvalue weighted by molar-refractivity contribution is 7.98. The minimum Gasteiger partial charge on any atom is -0.370 e. The number of hydrogen-bond donors (Lipinski definition) is 21. The van der Waals surface area contributed by atoms with Crippen molar-refractivity contribution >= 4 is 130 Å². The summed E-state index contributed by atoms with van der Waals surface area (Å²) in [5.74, 6) is -15.7. The maximum Gasteiger partial charge on any atom is 0.243 e. The number of rotatable bonds is 51. The van der Waals surface area contributed by atoms with Gasteiger partial charge in [0.1, 0.15) is 66.5 Å². The van der Waals surface area contributed by atoms with Crippen LogP contribution in [0.25, 0.3) is 10.9 Å². The molecule has 0 aliphatic heterocycles. The van der Waals surface area contributed by atoms with Crippen molar-refractivity contribution in [1.29, 1.82) is 0 Å². The second-order valence-corrected chi connectivity index (χ2v) is 27.7. The number of thioether (sulfide) groups is 1. The van der Waals surface area contributed by atoms with Crippen molar-refractivity contribution in [2.45, 2.75) is 192 Å². The van der Waals surface area contributed by atoms with E-state index in [1.165, 1.54) is 31.2 Å². The number of nitrogens with two attached hydrogens (primary N) is 6. The van der Waals surface area contributed by atoms with Gasteiger partial charge >= 0.3 is 0 Å². The van der Waals surface area contributed by atoms with Crippen molar-refractivity contribution in [3.8, 4) is 0 Å². The van der Waals surface area contributed by atoms with Crippen LogP contribution in [-0.4, -0.2) is 220 Å². The fraction of sp³-hybridized carbons (Fsp3) is 0.567. The number of guanidine groups is 1. The number of carbonyl (C=O) groups is 17. The number of nitrogens with one attached hydrogen (secondary N) is 15. The molecule has 3 rings (SSSR count). The molecule has 0 spiro atoms. The van der Waals surface area contributed by atoms with Crippen LogP contribution in [0.1, 0.15) is 124 Å². The summed E-state index contributed by atoms with van der Waals surface area (Å²) in [7, 11) is 0. The Morgan fingerprint density at radius 2 is 1.00 bits per heavy atom. The first-order chi connectivity index (χ1) is 50.9. The lowest BCUT2D eigenvalue weighted by atomic mass is 10.0. The Bertz CT molecular complexity index is 3640. The number of nitrogens with zero attached hydrogens (tertiary/aromatic N) is 2. The zero-order valence-corrected chi connectivity index (χ0v) is 62.5. The van der Waals surface area contributed by atoms with E-state index in [-0.39, 0.29) is 88.5 Å². The van der Waals surface area contributed by atoms with Crippen LogP contribution in [0.15, 0.2) is 48.0 Å². The van der Waals surface area contributed by atoms with Crippen LogP contribution in [0.3, 0.4) is 0 Å². The average molecular weight is 1540 g/mol. The number of hydrogen-bond acceptors (Lipinski definition) is 20. The molecule has 0 unspecified atom stereocenters. The molecule has 0 radical (unpaired) electrons. The second kappa shape index (κ2) is 46.5. The summed E-state index contributed by atoms with van der Waals surface area (Å²) in [5, 5.41) is 32.9. The Hall–Kier alpha value is -11.4. The van der Waals surface area contributed by atoms with E-state index in [9.17, 15) is 81.5 Å². The third-order valence-electron chi connectivity index (χ3n) is 16.4. The van der Waals surface area contributed by atoms with Crippen LogP contribution in [0.5, 0.6) is 0 Å². The SMILES string of the molecule is CSCC[C@H](NC(=O)[C@H](CC(C)C)NC(=O)[C@H](Cc1cnc[nH]1)NC(=O)CNC(=O)[C@@H](NC(=O)[C@H](C)NC(=O)[C@H](Cc1c[nH]c2ccccc12)NC(=O)[C@H](CCC(N)=O)NC(=O)[C@H](CC(N)=O)NC(=O)CNC(=O)[C@H](CC(C)C)NC(=O)[C@H](CCCN=C(N)N)NC(=O)[C@H](CCC(N)=O)NC=O)C(C)C)C(N)=O. The van der Waals surface area contributed by atoms with Crippen molar-refractivity contribution in [2.75, 3.05) is 31.6 Å². The number of aliphatic imine (C=N–C) groups is 1. The summed E-state index contributed by atoms with van der Waals surface area (Å²) >= 11 is 1.44. The van der Waals surface area contributed by atoms with Gasteiger partial charge in [0.05, 0.1) is 25.8 Å². The van der Waals surface area contributed by atoms with Crippen molar-refractivity contribution in [1.82, 2.24) is 84.1 Å². The van der Waals surface area contributed by atoms with Gasteiger partial charge in [-0.05, 0) is 93.3 Å². The maximum absolute atomic E-state index is 14.5. The summed E-state index contributed by atoms with van der Waals surface area (Å²) in [6.07, 6.45) is 3.75. The first-order valence-electron chi connectivity index (χ1n) is 34.9. The summed E-state index contributed by atoms with van der Waals surface area (Å²) in [6, 6.07) is -8.74. The van der Waals surface area contributed by atoms with E-state index >= 15 is 0 Å².